The lowest BCUT2D eigenvalue weighted by Gasteiger charge is -2.27. The summed E-state index contributed by atoms with van der Waals surface area (Å²) in [7, 11) is 0. The maximum Gasteiger partial charge on any atom is -0.0143 e. The molecule has 0 heterocycles. The van der Waals surface area contributed by atoms with E-state index in [1.54, 1.807) is 11.1 Å². The molecule has 0 saturated heterocycles. The predicted octanol–water partition coefficient (Wildman–Crippen LogP) is 7.85. The van der Waals surface area contributed by atoms with Crippen LogP contribution in [0.1, 0.15) is 101 Å². The van der Waals surface area contributed by atoms with Crippen molar-refractivity contribution >= 4 is 0 Å². The van der Waals surface area contributed by atoms with Crippen LogP contribution < -0.4 is 0 Å². The lowest BCUT2D eigenvalue weighted by molar-refractivity contribution is 0.749. The van der Waals surface area contributed by atoms with Crippen molar-refractivity contribution in [3.8, 4) is 11.1 Å². The zero-order chi connectivity index (χ0) is 18.0. The van der Waals surface area contributed by atoms with Gasteiger partial charge in [0.05, 0.1) is 0 Å². The van der Waals surface area contributed by atoms with E-state index in [2.05, 4.69) is 91.8 Å². The minimum absolute atomic E-state index is 0.524. The van der Waals surface area contributed by atoms with Gasteiger partial charge in [0.2, 0.25) is 0 Å². The average molecular weight is 323 g/mol. The van der Waals surface area contributed by atoms with Gasteiger partial charge >= 0.3 is 0 Å². The Bertz CT molecular complexity index is 687. The molecule has 0 bridgehead atoms. The first-order valence-electron chi connectivity index (χ1n) is 9.51. The molecule has 0 amide bonds. The maximum absolute atomic E-state index is 2.37. The van der Waals surface area contributed by atoms with Crippen LogP contribution in [-0.2, 0) is 0 Å². The van der Waals surface area contributed by atoms with Crippen LogP contribution in [0.3, 0.4) is 0 Å². The Hall–Kier alpha value is -1.56. The lowest BCUT2D eigenvalue weighted by atomic mass is 9.78. The predicted molar refractivity (Wildman–Crippen MR) is 108 cm³/mol. The van der Waals surface area contributed by atoms with E-state index >= 15 is 0 Å². The Kier molecular flexibility index (Phi) is 5.91. The van der Waals surface area contributed by atoms with Crippen molar-refractivity contribution in [2.45, 2.75) is 79.1 Å². The molecule has 2 aromatic rings. The summed E-state index contributed by atoms with van der Waals surface area (Å²) < 4.78 is 0. The summed E-state index contributed by atoms with van der Waals surface area (Å²) in [6.45, 7) is 18.6. The molecule has 0 aromatic heterocycles. The zero-order valence-electron chi connectivity index (χ0n) is 16.8. The third-order valence-corrected chi connectivity index (χ3v) is 4.97. The van der Waals surface area contributed by atoms with Crippen LogP contribution in [-0.4, -0.2) is 0 Å². The molecule has 0 aliphatic heterocycles. The van der Waals surface area contributed by atoms with Gasteiger partial charge < -0.3 is 0 Å². The molecule has 0 saturated carbocycles. The van der Waals surface area contributed by atoms with E-state index in [1.165, 1.54) is 22.3 Å². The van der Waals surface area contributed by atoms with Gasteiger partial charge in [0.15, 0.2) is 0 Å². The first kappa shape index (κ1) is 18.8. The van der Waals surface area contributed by atoms with Crippen LogP contribution >= 0.6 is 0 Å². The summed E-state index contributed by atoms with van der Waals surface area (Å²) in [5, 5.41) is 0. The van der Waals surface area contributed by atoms with Gasteiger partial charge in [0.1, 0.15) is 0 Å². The molecular weight excluding hydrogens is 288 g/mol. The van der Waals surface area contributed by atoms with Gasteiger partial charge in [-0.15, -0.1) is 0 Å². The molecule has 130 valence electrons. The van der Waals surface area contributed by atoms with Crippen molar-refractivity contribution in [1.82, 2.24) is 0 Å². The van der Waals surface area contributed by atoms with E-state index in [0.29, 0.717) is 23.7 Å². The summed E-state index contributed by atoms with van der Waals surface area (Å²) >= 11 is 0. The molecule has 24 heavy (non-hydrogen) atoms. The van der Waals surface area contributed by atoms with Crippen molar-refractivity contribution < 1.29 is 0 Å². The molecule has 2 aromatic carbocycles. The summed E-state index contributed by atoms with van der Waals surface area (Å²) in [6, 6.07) is 13.7. The highest BCUT2D eigenvalue weighted by Crippen LogP contribution is 2.41. The van der Waals surface area contributed by atoms with E-state index in [4.69, 9.17) is 0 Å². The van der Waals surface area contributed by atoms with Gasteiger partial charge in [-0.05, 0) is 57.1 Å². The van der Waals surface area contributed by atoms with Crippen LogP contribution in [0.15, 0.2) is 36.4 Å². The second kappa shape index (κ2) is 7.55. The monoisotopic (exact) mass is 322 g/mol. The number of rotatable bonds is 5. The Labute approximate surface area is 149 Å². The SMILES string of the molecule is CC(C)c1ccccc1-c1ccc(C(C)C)c(C(C)C)c1C(C)C. The highest BCUT2D eigenvalue weighted by atomic mass is 14.3. The average Bonchev–Trinajstić information content (AvgIpc) is 2.52. The van der Waals surface area contributed by atoms with Gasteiger partial charge in [-0.2, -0.15) is 0 Å². The third-order valence-electron chi connectivity index (χ3n) is 4.97. The second-order valence-corrected chi connectivity index (χ2v) is 8.24. The molecule has 0 atom stereocenters. The lowest BCUT2D eigenvalue weighted by Crippen LogP contribution is -2.08. The fourth-order valence-electron chi connectivity index (χ4n) is 3.90. The van der Waals surface area contributed by atoms with Crippen molar-refractivity contribution in [2.75, 3.05) is 0 Å². The molecule has 2 rings (SSSR count). The molecule has 0 aliphatic carbocycles. The van der Waals surface area contributed by atoms with E-state index in [-0.39, 0.29) is 0 Å². The quantitative estimate of drug-likeness (QED) is 0.525. The standard InChI is InChI=1S/C24H34/c1-15(2)19-11-9-10-12-21(19)22-14-13-20(16(3)4)23(17(5)6)24(22)18(7)8/h9-18H,1-8H3. The van der Waals surface area contributed by atoms with Gasteiger partial charge in [-0.25, -0.2) is 0 Å². The minimum Gasteiger partial charge on any atom is -0.0619 e. The summed E-state index contributed by atoms with van der Waals surface area (Å²) in [5.41, 5.74) is 8.92. The second-order valence-electron chi connectivity index (χ2n) is 8.24. The highest BCUT2D eigenvalue weighted by Gasteiger charge is 2.22. The molecular formula is C24H34. The molecule has 0 radical (unpaired) electrons. The maximum atomic E-state index is 2.37. The number of hydrogen-bond donors (Lipinski definition) is 0. The van der Waals surface area contributed by atoms with E-state index in [0.717, 1.165) is 0 Å². The highest BCUT2D eigenvalue weighted by molar-refractivity contribution is 5.74. The number of benzene rings is 2. The Morgan fingerprint density at radius 3 is 1.50 bits per heavy atom. The van der Waals surface area contributed by atoms with Crippen molar-refractivity contribution in [2.24, 2.45) is 0 Å². The fourth-order valence-corrected chi connectivity index (χ4v) is 3.90. The van der Waals surface area contributed by atoms with E-state index < -0.39 is 0 Å². The van der Waals surface area contributed by atoms with Crippen LogP contribution in [0.2, 0.25) is 0 Å². The van der Waals surface area contributed by atoms with E-state index in [1.807, 2.05) is 0 Å². The Balaban J connectivity index is 2.84. The Morgan fingerprint density at radius 2 is 1.00 bits per heavy atom. The fraction of sp³-hybridized carbons (Fsp3) is 0.500. The molecule has 0 heteroatoms. The molecule has 0 fully saturated rings. The minimum atomic E-state index is 0.524. The third kappa shape index (κ3) is 3.58. The largest absolute Gasteiger partial charge is 0.0619 e. The smallest absolute Gasteiger partial charge is 0.0143 e. The van der Waals surface area contributed by atoms with E-state index in [9.17, 15) is 0 Å². The van der Waals surface area contributed by atoms with Crippen LogP contribution in [0.5, 0.6) is 0 Å². The van der Waals surface area contributed by atoms with Crippen molar-refractivity contribution in [1.29, 1.82) is 0 Å². The number of hydrogen-bond acceptors (Lipinski definition) is 0. The zero-order valence-corrected chi connectivity index (χ0v) is 16.8. The Morgan fingerprint density at radius 1 is 0.458 bits per heavy atom. The summed E-state index contributed by atoms with van der Waals surface area (Å²) in [5.74, 6) is 2.17. The van der Waals surface area contributed by atoms with Gasteiger partial charge in [0, 0.05) is 0 Å². The summed E-state index contributed by atoms with van der Waals surface area (Å²) in [6.07, 6.45) is 0. The van der Waals surface area contributed by atoms with Crippen molar-refractivity contribution in [3.05, 3.63) is 58.7 Å². The van der Waals surface area contributed by atoms with Crippen molar-refractivity contribution in [3.63, 3.8) is 0 Å². The molecule has 0 nitrogen and oxygen atoms in total. The molecule has 0 spiro atoms. The van der Waals surface area contributed by atoms with Gasteiger partial charge in [-0.3, -0.25) is 0 Å². The van der Waals surface area contributed by atoms with Crippen LogP contribution in [0, 0.1) is 0 Å². The topological polar surface area (TPSA) is 0 Å². The molecule has 0 unspecified atom stereocenters. The van der Waals surface area contributed by atoms with Gasteiger partial charge in [-0.1, -0.05) is 91.8 Å². The molecule has 0 N–H and O–H groups in total. The molecule has 0 aliphatic rings. The normalized spacial score (nSPS) is 12.0. The van der Waals surface area contributed by atoms with Gasteiger partial charge in [0.25, 0.3) is 0 Å². The summed E-state index contributed by atoms with van der Waals surface area (Å²) in [4.78, 5) is 0. The first-order valence-corrected chi connectivity index (χ1v) is 9.51. The van der Waals surface area contributed by atoms with Crippen LogP contribution in [0.25, 0.3) is 11.1 Å². The van der Waals surface area contributed by atoms with Crippen LogP contribution in [0.4, 0.5) is 0 Å². The first-order chi connectivity index (χ1) is 11.3.